The second kappa shape index (κ2) is 6.88. The lowest BCUT2D eigenvalue weighted by atomic mass is 9.79. The minimum Gasteiger partial charge on any atom is -0.381 e. The topological polar surface area (TPSA) is 24.5 Å². The summed E-state index contributed by atoms with van der Waals surface area (Å²) in [6.45, 7) is 17.7. The van der Waals surface area contributed by atoms with Gasteiger partial charge in [-0.1, -0.05) is 13.8 Å². The molecule has 0 spiro atoms. The van der Waals surface area contributed by atoms with Crippen LogP contribution >= 0.6 is 0 Å². The molecule has 0 unspecified atom stereocenters. The van der Waals surface area contributed by atoms with Gasteiger partial charge in [0.1, 0.15) is 0 Å². The summed E-state index contributed by atoms with van der Waals surface area (Å²) in [6.07, 6.45) is 2.37. The average Bonchev–Trinajstić information content (AvgIpc) is 2.34. The fourth-order valence-electron chi connectivity index (χ4n) is 2.57. The molecule has 0 aliphatic carbocycles. The lowest BCUT2D eigenvalue weighted by Crippen LogP contribution is -2.51. The molecular formula is C15H32N2O. The molecule has 3 heteroatoms. The van der Waals surface area contributed by atoms with Crippen LogP contribution < -0.4 is 5.32 Å². The SMILES string of the molecule is CCN(CC)CC1(CNC(C)(C)C)CCOCC1. The highest BCUT2D eigenvalue weighted by Crippen LogP contribution is 2.31. The molecule has 3 nitrogen and oxygen atoms in total. The average molecular weight is 256 g/mol. The molecule has 0 atom stereocenters. The van der Waals surface area contributed by atoms with E-state index in [0.717, 1.165) is 32.8 Å². The molecule has 0 aromatic heterocycles. The maximum absolute atomic E-state index is 5.56. The van der Waals surface area contributed by atoms with Crippen LogP contribution in [0.3, 0.4) is 0 Å². The van der Waals surface area contributed by atoms with E-state index >= 15 is 0 Å². The van der Waals surface area contributed by atoms with Gasteiger partial charge < -0.3 is 15.0 Å². The molecule has 1 N–H and O–H groups in total. The van der Waals surface area contributed by atoms with Crippen LogP contribution in [-0.4, -0.2) is 49.8 Å². The van der Waals surface area contributed by atoms with Crippen LogP contribution in [0.1, 0.15) is 47.5 Å². The summed E-state index contributed by atoms with van der Waals surface area (Å²) < 4.78 is 5.56. The van der Waals surface area contributed by atoms with Gasteiger partial charge in [0.15, 0.2) is 0 Å². The fraction of sp³-hybridized carbons (Fsp3) is 1.00. The summed E-state index contributed by atoms with van der Waals surface area (Å²) >= 11 is 0. The largest absolute Gasteiger partial charge is 0.381 e. The van der Waals surface area contributed by atoms with Crippen molar-refractivity contribution in [3.63, 3.8) is 0 Å². The standard InChI is InChI=1S/C15H32N2O/c1-6-17(7-2)13-15(8-10-18-11-9-15)12-16-14(3,4)5/h16H,6-13H2,1-5H3. The third kappa shape index (κ3) is 5.25. The molecule has 0 radical (unpaired) electrons. The quantitative estimate of drug-likeness (QED) is 0.790. The van der Waals surface area contributed by atoms with E-state index < -0.39 is 0 Å². The Hall–Kier alpha value is -0.120. The van der Waals surface area contributed by atoms with Crippen molar-refractivity contribution < 1.29 is 4.74 Å². The summed E-state index contributed by atoms with van der Waals surface area (Å²) in [6, 6.07) is 0. The first-order chi connectivity index (χ1) is 8.41. The van der Waals surface area contributed by atoms with E-state index in [0.29, 0.717) is 5.41 Å². The molecule has 0 aromatic rings. The molecule has 1 heterocycles. The number of ether oxygens (including phenoxy) is 1. The first-order valence-corrected chi connectivity index (χ1v) is 7.46. The van der Waals surface area contributed by atoms with Crippen molar-refractivity contribution in [2.75, 3.05) is 39.4 Å². The molecule has 0 amide bonds. The lowest BCUT2D eigenvalue weighted by molar-refractivity contribution is -0.00562. The monoisotopic (exact) mass is 256 g/mol. The number of nitrogens with one attached hydrogen (secondary N) is 1. The Kier molecular flexibility index (Phi) is 6.09. The Morgan fingerprint density at radius 1 is 1.11 bits per heavy atom. The van der Waals surface area contributed by atoms with Crippen molar-refractivity contribution in [2.45, 2.75) is 53.0 Å². The maximum Gasteiger partial charge on any atom is 0.0472 e. The van der Waals surface area contributed by atoms with Gasteiger partial charge in [-0.15, -0.1) is 0 Å². The van der Waals surface area contributed by atoms with Crippen molar-refractivity contribution in [3.05, 3.63) is 0 Å². The zero-order chi connectivity index (χ0) is 13.6. The Labute approximate surface area is 113 Å². The molecule has 0 saturated carbocycles. The summed E-state index contributed by atoms with van der Waals surface area (Å²) in [5.74, 6) is 0. The van der Waals surface area contributed by atoms with Crippen molar-refractivity contribution >= 4 is 0 Å². The third-order valence-corrected chi connectivity index (χ3v) is 4.00. The van der Waals surface area contributed by atoms with Gasteiger partial charge in [-0.25, -0.2) is 0 Å². The number of hydrogen-bond donors (Lipinski definition) is 1. The molecule has 1 saturated heterocycles. The summed E-state index contributed by atoms with van der Waals surface area (Å²) in [5, 5.41) is 3.70. The number of nitrogens with zero attached hydrogens (tertiary/aromatic N) is 1. The highest BCUT2D eigenvalue weighted by molar-refractivity contribution is 4.89. The van der Waals surface area contributed by atoms with Crippen LogP contribution in [0.15, 0.2) is 0 Å². The van der Waals surface area contributed by atoms with Crippen LogP contribution in [0, 0.1) is 5.41 Å². The van der Waals surface area contributed by atoms with Gasteiger partial charge >= 0.3 is 0 Å². The molecule has 1 rings (SSSR count). The lowest BCUT2D eigenvalue weighted by Gasteiger charge is -2.42. The molecule has 1 aliphatic heterocycles. The van der Waals surface area contributed by atoms with Crippen molar-refractivity contribution in [3.8, 4) is 0 Å². The molecular weight excluding hydrogens is 224 g/mol. The summed E-state index contributed by atoms with van der Waals surface area (Å²) in [5.41, 5.74) is 0.603. The third-order valence-electron chi connectivity index (χ3n) is 4.00. The van der Waals surface area contributed by atoms with Gasteiger partial charge in [-0.05, 0) is 52.1 Å². The van der Waals surface area contributed by atoms with E-state index in [1.165, 1.54) is 19.4 Å². The Morgan fingerprint density at radius 3 is 2.11 bits per heavy atom. The van der Waals surface area contributed by atoms with Crippen molar-refractivity contribution in [2.24, 2.45) is 5.41 Å². The highest BCUT2D eigenvalue weighted by atomic mass is 16.5. The van der Waals surface area contributed by atoms with Crippen LogP contribution in [0.5, 0.6) is 0 Å². The second-order valence-electron chi connectivity index (χ2n) is 6.68. The number of rotatable bonds is 6. The summed E-state index contributed by atoms with van der Waals surface area (Å²) in [7, 11) is 0. The highest BCUT2D eigenvalue weighted by Gasteiger charge is 2.34. The van der Waals surface area contributed by atoms with Gasteiger partial charge in [0.25, 0.3) is 0 Å². The van der Waals surface area contributed by atoms with Crippen molar-refractivity contribution in [1.82, 2.24) is 10.2 Å². The van der Waals surface area contributed by atoms with Gasteiger partial charge in [-0.3, -0.25) is 0 Å². The fourth-order valence-corrected chi connectivity index (χ4v) is 2.57. The predicted octanol–water partition coefficient (Wildman–Crippen LogP) is 2.51. The van der Waals surface area contributed by atoms with Crippen LogP contribution in [0.4, 0.5) is 0 Å². The molecule has 0 aromatic carbocycles. The predicted molar refractivity (Wildman–Crippen MR) is 78.0 cm³/mol. The minimum absolute atomic E-state index is 0.203. The normalized spacial score (nSPS) is 20.3. The smallest absolute Gasteiger partial charge is 0.0472 e. The van der Waals surface area contributed by atoms with Gasteiger partial charge in [0, 0.05) is 31.8 Å². The van der Waals surface area contributed by atoms with E-state index in [1.807, 2.05) is 0 Å². The van der Waals surface area contributed by atoms with Crippen molar-refractivity contribution in [1.29, 1.82) is 0 Å². The molecule has 108 valence electrons. The Morgan fingerprint density at radius 2 is 1.67 bits per heavy atom. The first kappa shape index (κ1) is 15.9. The van der Waals surface area contributed by atoms with Crippen LogP contribution in [-0.2, 0) is 4.74 Å². The molecule has 1 fully saturated rings. The van der Waals surface area contributed by atoms with Crippen LogP contribution in [0.2, 0.25) is 0 Å². The molecule has 1 aliphatic rings. The van der Waals surface area contributed by atoms with E-state index in [4.69, 9.17) is 4.74 Å². The minimum atomic E-state index is 0.203. The zero-order valence-electron chi connectivity index (χ0n) is 13.0. The number of hydrogen-bond acceptors (Lipinski definition) is 3. The molecule has 18 heavy (non-hydrogen) atoms. The van der Waals surface area contributed by atoms with Gasteiger partial charge in [0.2, 0.25) is 0 Å². The first-order valence-electron chi connectivity index (χ1n) is 7.46. The second-order valence-corrected chi connectivity index (χ2v) is 6.68. The van der Waals surface area contributed by atoms with Gasteiger partial charge in [0.05, 0.1) is 0 Å². The maximum atomic E-state index is 5.56. The Bertz CT molecular complexity index is 225. The Balaban J connectivity index is 2.62. The zero-order valence-corrected chi connectivity index (χ0v) is 13.0. The van der Waals surface area contributed by atoms with E-state index in [9.17, 15) is 0 Å². The van der Waals surface area contributed by atoms with E-state index in [2.05, 4.69) is 44.8 Å². The summed E-state index contributed by atoms with van der Waals surface area (Å²) in [4.78, 5) is 2.55. The van der Waals surface area contributed by atoms with Crippen LogP contribution in [0.25, 0.3) is 0 Å². The van der Waals surface area contributed by atoms with E-state index in [1.54, 1.807) is 0 Å². The van der Waals surface area contributed by atoms with Gasteiger partial charge in [-0.2, -0.15) is 0 Å². The van der Waals surface area contributed by atoms with E-state index in [-0.39, 0.29) is 5.54 Å². The molecule has 0 bridgehead atoms.